The van der Waals surface area contributed by atoms with Gasteiger partial charge in [-0.2, -0.15) is 0 Å². The fraction of sp³-hybridized carbons (Fsp3) is 0.882. The highest BCUT2D eigenvalue weighted by Gasteiger charge is 2.62. The second-order valence-corrected chi connectivity index (χ2v) is 8.42. The van der Waals surface area contributed by atoms with Crippen LogP contribution in [0, 0.1) is 22.7 Å². The van der Waals surface area contributed by atoms with Crippen LogP contribution in [0.25, 0.3) is 0 Å². The number of hydrogen-bond acceptors (Lipinski definition) is 3. The largest absolute Gasteiger partial charge is 0.459 e. The smallest absolute Gasteiger partial charge is 0.312 e. The van der Waals surface area contributed by atoms with Crippen molar-refractivity contribution in [1.29, 1.82) is 0 Å². The van der Waals surface area contributed by atoms with Crippen molar-refractivity contribution in [2.24, 2.45) is 28.4 Å². The van der Waals surface area contributed by atoms with E-state index in [1.807, 2.05) is 20.8 Å². The first-order valence-electron chi connectivity index (χ1n) is 8.24. The lowest BCUT2D eigenvalue weighted by atomic mass is 9.47. The minimum Gasteiger partial charge on any atom is -0.459 e. The second kappa shape index (κ2) is 4.47. The van der Waals surface area contributed by atoms with Crippen molar-refractivity contribution in [2.75, 3.05) is 0 Å². The van der Waals surface area contributed by atoms with Gasteiger partial charge in [0.15, 0.2) is 0 Å². The monoisotopic (exact) mass is 293 g/mol. The molecule has 2 N–H and O–H groups in total. The van der Waals surface area contributed by atoms with Gasteiger partial charge in [-0.25, -0.2) is 0 Å². The molecule has 4 fully saturated rings. The molecule has 2 unspecified atom stereocenters. The van der Waals surface area contributed by atoms with Crippen LogP contribution in [0.3, 0.4) is 0 Å². The molecule has 0 radical (unpaired) electrons. The van der Waals surface area contributed by atoms with Crippen LogP contribution in [0.2, 0.25) is 0 Å². The topological polar surface area (TPSA) is 69.4 Å². The van der Waals surface area contributed by atoms with Crippen LogP contribution >= 0.6 is 0 Å². The van der Waals surface area contributed by atoms with Gasteiger partial charge in [-0.15, -0.1) is 0 Å². The zero-order chi connectivity index (χ0) is 15.5. The van der Waals surface area contributed by atoms with E-state index in [1.165, 1.54) is 6.42 Å². The lowest BCUT2D eigenvalue weighted by Gasteiger charge is -2.60. The Bertz CT molecular complexity index is 468. The standard InChI is InChI=1S/C17H27NO3/c1-4-15(2,3)14(20)21-17-8-11-5-12(9-17)7-16(6-11,10-17)13(18)19/h11-12H,4-10H2,1-3H3,(H2,18,19). The average Bonchev–Trinajstić information content (AvgIpc) is 2.36. The number of carbonyl (C=O) groups is 2. The molecule has 0 heterocycles. The molecule has 1 amide bonds. The number of rotatable bonds is 4. The van der Waals surface area contributed by atoms with Crippen LogP contribution < -0.4 is 5.73 Å². The normalized spacial score (nSPS) is 41.1. The number of esters is 1. The van der Waals surface area contributed by atoms with E-state index in [0.29, 0.717) is 18.3 Å². The first-order valence-corrected chi connectivity index (χ1v) is 8.24. The molecular weight excluding hydrogens is 266 g/mol. The van der Waals surface area contributed by atoms with Gasteiger partial charge in [0.25, 0.3) is 0 Å². The molecule has 0 spiro atoms. The maximum Gasteiger partial charge on any atom is 0.312 e. The quantitative estimate of drug-likeness (QED) is 0.810. The van der Waals surface area contributed by atoms with Crippen LogP contribution in [0.4, 0.5) is 0 Å². The molecule has 4 nitrogen and oxygen atoms in total. The van der Waals surface area contributed by atoms with Gasteiger partial charge in [0.05, 0.1) is 10.8 Å². The minimum atomic E-state index is -0.455. The molecule has 0 aliphatic heterocycles. The Morgan fingerprint density at radius 2 is 1.76 bits per heavy atom. The van der Waals surface area contributed by atoms with Crippen molar-refractivity contribution in [2.45, 2.75) is 71.3 Å². The summed E-state index contributed by atoms with van der Waals surface area (Å²) in [6, 6.07) is 0. The van der Waals surface area contributed by atoms with Gasteiger partial charge in [-0.1, -0.05) is 6.92 Å². The summed E-state index contributed by atoms with van der Waals surface area (Å²) in [6.07, 6.45) is 6.22. The van der Waals surface area contributed by atoms with Crippen molar-refractivity contribution >= 4 is 11.9 Å². The van der Waals surface area contributed by atoms with E-state index in [2.05, 4.69) is 0 Å². The van der Waals surface area contributed by atoms with Crippen LogP contribution in [0.15, 0.2) is 0 Å². The van der Waals surface area contributed by atoms with Crippen molar-refractivity contribution < 1.29 is 14.3 Å². The summed E-state index contributed by atoms with van der Waals surface area (Å²) in [7, 11) is 0. The first kappa shape index (κ1) is 14.9. The Kier molecular flexibility index (Phi) is 3.16. The van der Waals surface area contributed by atoms with Crippen molar-refractivity contribution in [3.05, 3.63) is 0 Å². The third kappa shape index (κ3) is 2.27. The molecular formula is C17H27NO3. The first-order chi connectivity index (χ1) is 9.70. The number of primary amides is 1. The SMILES string of the molecule is CCC(C)(C)C(=O)OC12CC3CC(C1)CC(C(N)=O)(C3)C2. The zero-order valence-corrected chi connectivity index (χ0v) is 13.4. The van der Waals surface area contributed by atoms with Gasteiger partial charge in [-0.3, -0.25) is 9.59 Å². The van der Waals surface area contributed by atoms with Gasteiger partial charge in [0.1, 0.15) is 5.60 Å². The Morgan fingerprint density at radius 3 is 2.24 bits per heavy atom. The van der Waals surface area contributed by atoms with Crippen LogP contribution in [-0.4, -0.2) is 17.5 Å². The summed E-state index contributed by atoms with van der Waals surface area (Å²) in [5.74, 6) is 0.686. The van der Waals surface area contributed by atoms with Crippen molar-refractivity contribution in [3.8, 4) is 0 Å². The molecule has 4 aliphatic carbocycles. The molecule has 0 aromatic carbocycles. The van der Waals surface area contributed by atoms with Gasteiger partial charge in [0.2, 0.25) is 5.91 Å². The van der Waals surface area contributed by atoms with E-state index in [1.54, 1.807) is 0 Å². The molecule has 4 bridgehead atoms. The molecule has 0 aromatic heterocycles. The van der Waals surface area contributed by atoms with E-state index >= 15 is 0 Å². The summed E-state index contributed by atoms with van der Waals surface area (Å²) < 4.78 is 6.03. The van der Waals surface area contributed by atoms with Crippen LogP contribution in [0.5, 0.6) is 0 Å². The maximum absolute atomic E-state index is 12.5. The molecule has 4 rings (SSSR count). The van der Waals surface area contributed by atoms with Crippen molar-refractivity contribution in [3.63, 3.8) is 0 Å². The predicted octanol–water partition coefficient (Wildman–Crippen LogP) is 2.79. The lowest BCUT2D eigenvalue weighted by molar-refractivity contribution is -0.209. The van der Waals surface area contributed by atoms with E-state index in [0.717, 1.165) is 32.1 Å². The van der Waals surface area contributed by atoms with Crippen LogP contribution in [-0.2, 0) is 14.3 Å². The Labute approximate surface area is 126 Å². The Morgan fingerprint density at radius 1 is 1.19 bits per heavy atom. The van der Waals surface area contributed by atoms with E-state index < -0.39 is 16.4 Å². The maximum atomic E-state index is 12.5. The highest BCUT2D eigenvalue weighted by molar-refractivity contribution is 5.82. The van der Waals surface area contributed by atoms with Gasteiger partial charge >= 0.3 is 5.97 Å². The second-order valence-electron chi connectivity index (χ2n) is 8.42. The predicted molar refractivity (Wildman–Crippen MR) is 79.2 cm³/mol. The third-order valence-corrected chi connectivity index (χ3v) is 6.28. The molecule has 4 aliphatic rings. The summed E-state index contributed by atoms with van der Waals surface area (Å²) in [6.45, 7) is 5.87. The highest BCUT2D eigenvalue weighted by atomic mass is 16.6. The lowest BCUT2D eigenvalue weighted by Crippen LogP contribution is -2.61. The number of hydrogen-bond donors (Lipinski definition) is 1. The van der Waals surface area contributed by atoms with Crippen molar-refractivity contribution in [1.82, 2.24) is 0 Å². The summed E-state index contributed by atoms with van der Waals surface area (Å²) in [4.78, 5) is 24.5. The number of carbonyl (C=O) groups excluding carboxylic acids is 2. The third-order valence-electron chi connectivity index (χ3n) is 6.28. The fourth-order valence-corrected chi connectivity index (χ4v) is 5.07. The molecule has 2 atom stereocenters. The van der Waals surface area contributed by atoms with Crippen LogP contribution in [0.1, 0.15) is 65.7 Å². The molecule has 4 heteroatoms. The van der Waals surface area contributed by atoms with Gasteiger partial charge < -0.3 is 10.5 Å². The summed E-state index contributed by atoms with van der Waals surface area (Å²) >= 11 is 0. The minimum absolute atomic E-state index is 0.119. The molecule has 0 saturated heterocycles. The van der Waals surface area contributed by atoms with Gasteiger partial charge in [-0.05, 0) is 64.2 Å². The Balaban J connectivity index is 1.85. The molecule has 4 saturated carbocycles. The zero-order valence-electron chi connectivity index (χ0n) is 13.4. The fourth-order valence-electron chi connectivity index (χ4n) is 5.07. The number of nitrogens with two attached hydrogens (primary N) is 1. The Hall–Kier alpha value is -1.06. The van der Waals surface area contributed by atoms with E-state index in [9.17, 15) is 9.59 Å². The highest BCUT2D eigenvalue weighted by Crippen LogP contribution is 2.62. The average molecular weight is 293 g/mol. The van der Waals surface area contributed by atoms with E-state index in [-0.39, 0.29) is 11.9 Å². The molecule has 21 heavy (non-hydrogen) atoms. The summed E-state index contributed by atoms with van der Waals surface area (Å²) in [5, 5.41) is 0. The molecule has 118 valence electrons. The molecule has 0 aromatic rings. The van der Waals surface area contributed by atoms with E-state index in [4.69, 9.17) is 10.5 Å². The van der Waals surface area contributed by atoms with Gasteiger partial charge in [0, 0.05) is 6.42 Å². The number of amides is 1. The number of ether oxygens (including phenoxy) is 1. The summed E-state index contributed by atoms with van der Waals surface area (Å²) in [5.41, 5.74) is 4.41.